The molecule has 4 heteroatoms. The number of piperidine rings is 1. The summed E-state index contributed by atoms with van der Waals surface area (Å²) < 4.78 is 13.0. The first-order valence-corrected chi connectivity index (χ1v) is 6.78. The molecule has 1 atom stereocenters. The molecule has 0 spiro atoms. The van der Waals surface area contributed by atoms with Gasteiger partial charge in [0.2, 0.25) is 0 Å². The van der Waals surface area contributed by atoms with Crippen LogP contribution in [-0.4, -0.2) is 35.6 Å². The molecule has 0 aliphatic carbocycles. The van der Waals surface area contributed by atoms with Crippen LogP contribution < -0.4 is 5.32 Å². The maximum atomic E-state index is 13.0. The van der Waals surface area contributed by atoms with Crippen molar-refractivity contribution in [3.63, 3.8) is 0 Å². The van der Waals surface area contributed by atoms with Crippen molar-refractivity contribution >= 4 is 5.69 Å². The molecule has 0 saturated carbocycles. The second kappa shape index (κ2) is 6.14. The summed E-state index contributed by atoms with van der Waals surface area (Å²) in [6, 6.07) is 1.87. The van der Waals surface area contributed by atoms with Crippen LogP contribution in [0.2, 0.25) is 0 Å². The molecular formula is C14H22FN3. The Hall–Kier alpha value is -1.16. The minimum atomic E-state index is -0.284. The average Bonchev–Trinajstić information content (AvgIpc) is 2.39. The molecule has 1 fully saturated rings. The molecule has 1 saturated heterocycles. The third kappa shape index (κ3) is 3.42. The molecule has 2 rings (SSSR count). The Balaban J connectivity index is 1.87. The van der Waals surface area contributed by atoms with Crippen molar-refractivity contribution in [3.05, 3.63) is 24.3 Å². The van der Waals surface area contributed by atoms with Crippen molar-refractivity contribution in [3.8, 4) is 0 Å². The van der Waals surface area contributed by atoms with Gasteiger partial charge in [-0.05, 0) is 45.3 Å². The maximum absolute atomic E-state index is 13.0. The Labute approximate surface area is 108 Å². The summed E-state index contributed by atoms with van der Waals surface area (Å²) in [5.41, 5.74) is 0.778. The number of likely N-dealkylation sites (tertiary alicyclic amines) is 1. The van der Waals surface area contributed by atoms with Crippen LogP contribution in [0.15, 0.2) is 18.5 Å². The number of aromatic nitrogens is 1. The van der Waals surface area contributed by atoms with Crippen LogP contribution in [0.3, 0.4) is 0 Å². The average molecular weight is 251 g/mol. The van der Waals surface area contributed by atoms with E-state index in [1.807, 2.05) is 0 Å². The Morgan fingerprint density at radius 2 is 2.17 bits per heavy atom. The highest BCUT2D eigenvalue weighted by molar-refractivity contribution is 5.41. The van der Waals surface area contributed by atoms with Gasteiger partial charge in [0.15, 0.2) is 0 Å². The number of anilines is 1. The number of halogens is 1. The number of nitrogens with one attached hydrogen (secondary N) is 1. The molecule has 1 aromatic rings. The molecule has 2 heterocycles. The topological polar surface area (TPSA) is 28.2 Å². The van der Waals surface area contributed by atoms with E-state index in [2.05, 4.69) is 29.0 Å². The molecule has 0 bridgehead atoms. The first kappa shape index (κ1) is 13.3. The Bertz CT molecular complexity index is 375. The molecule has 0 aromatic carbocycles. The third-order valence-electron chi connectivity index (χ3n) is 3.89. The van der Waals surface area contributed by atoms with Gasteiger partial charge in [0.25, 0.3) is 0 Å². The standard InChI is InChI=1S/C14H22FN3/c1-3-18-6-4-12(5-7-18)11(2)17-14-8-13(15)9-16-10-14/h8-12,17H,3-7H2,1-2H3. The molecule has 1 N–H and O–H groups in total. The largest absolute Gasteiger partial charge is 0.381 e. The van der Waals surface area contributed by atoms with E-state index in [1.54, 1.807) is 6.20 Å². The number of pyridine rings is 1. The molecular weight excluding hydrogens is 229 g/mol. The van der Waals surface area contributed by atoms with E-state index < -0.39 is 0 Å². The van der Waals surface area contributed by atoms with Gasteiger partial charge in [-0.3, -0.25) is 4.98 Å². The highest BCUT2D eigenvalue weighted by Gasteiger charge is 2.23. The van der Waals surface area contributed by atoms with Gasteiger partial charge < -0.3 is 10.2 Å². The van der Waals surface area contributed by atoms with Crippen molar-refractivity contribution in [2.45, 2.75) is 32.7 Å². The van der Waals surface area contributed by atoms with Crippen molar-refractivity contribution in [2.24, 2.45) is 5.92 Å². The lowest BCUT2D eigenvalue weighted by atomic mass is 9.90. The summed E-state index contributed by atoms with van der Waals surface area (Å²) in [6.07, 6.45) is 5.34. The Morgan fingerprint density at radius 1 is 1.44 bits per heavy atom. The molecule has 18 heavy (non-hydrogen) atoms. The summed E-state index contributed by atoms with van der Waals surface area (Å²) in [5, 5.41) is 3.36. The van der Waals surface area contributed by atoms with Gasteiger partial charge in [-0.25, -0.2) is 4.39 Å². The fourth-order valence-electron chi connectivity index (χ4n) is 2.64. The zero-order valence-corrected chi connectivity index (χ0v) is 11.2. The summed E-state index contributed by atoms with van der Waals surface area (Å²) in [7, 11) is 0. The van der Waals surface area contributed by atoms with Crippen LogP contribution in [0.25, 0.3) is 0 Å². The maximum Gasteiger partial charge on any atom is 0.143 e. The smallest absolute Gasteiger partial charge is 0.143 e. The van der Waals surface area contributed by atoms with Crippen LogP contribution in [0, 0.1) is 11.7 Å². The minimum Gasteiger partial charge on any atom is -0.381 e. The van der Waals surface area contributed by atoms with Crippen LogP contribution >= 0.6 is 0 Å². The molecule has 100 valence electrons. The summed E-state index contributed by atoms with van der Waals surface area (Å²) in [5.74, 6) is 0.379. The van der Waals surface area contributed by atoms with Gasteiger partial charge >= 0.3 is 0 Å². The first-order chi connectivity index (χ1) is 8.69. The van der Waals surface area contributed by atoms with Gasteiger partial charge in [-0.15, -0.1) is 0 Å². The first-order valence-electron chi connectivity index (χ1n) is 6.78. The summed E-state index contributed by atoms with van der Waals surface area (Å²) >= 11 is 0. The van der Waals surface area contributed by atoms with Gasteiger partial charge in [0, 0.05) is 12.1 Å². The Morgan fingerprint density at radius 3 is 2.78 bits per heavy atom. The molecule has 0 radical (unpaired) electrons. The summed E-state index contributed by atoms with van der Waals surface area (Å²) in [4.78, 5) is 6.34. The minimum absolute atomic E-state index is 0.284. The van der Waals surface area contributed by atoms with Gasteiger partial charge in [0.1, 0.15) is 5.82 Å². The van der Waals surface area contributed by atoms with E-state index >= 15 is 0 Å². The van der Waals surface area contributed by atoms with E-state index in [1.165, 1.54) is 38.2 Å². The van der Waals surface area contributed by atoms with Crippen LogP contribution in [0.5, 0.6) is 0 Å². The van der Waals surface area contributed by atoms with E-state index in [4.69, 9.17) is 0 Å². The number of hydrogen-bond acceptors (Lipinski definition) is 3. The second-order valence-electron chi connectivity index (χ2n) is 5.10. The van der Waals surface area contributed by atoms with E-state index in [-0.39, 0.29) is 5.82 Å². The molecule has 1 aliphatic heterocycles. The second-order valence-corrected chi connectivity index (χ2v) is 5.10. The molecule has 0 amide bonds. The predicted molar refractivity (Wildman–Crippen MR) is 72.1 cm³/mol. The number of rotatable bonds is 4. The zero-order valence-electron chi connectivity index (χ0n) is 11.2. The predicted octanol–water partition coefficient (Wildman–Crippen LogP) is 2.75. The van der Waals surface area contributed by atoms with Crippen molar-refractivity contribution in [1.29, 1.82) is 0 Å². The monoisotopic (exact) mass is 251 g/mol. The highest BCUT2D eigenvalue weighted by Crippen LogP contribution is 2.23. The highest BCUT2D eigenvalue weighted by atomic mass is 19.1. The SMILES string of the molecule is CCN1CCC(C(C)Nc2cncc(F)c2)CC1. The lowest BCUT2D eigenvalue weighted by Gasteiger charge is -2.34. The molecule has 3 nitrogen and oxygen atoms in total. The molecule has 1 aromatic heterocycles. The Kier molecular flexibility index (Phi) is 4.53. The summed E-state index contributed by atoms with van der Waals surface area (Å²) in [6.45, 7) is 7.88. The van der Waals surface area contributed by atoms with Crippen molar-refractivity contribution in [2.75, 3.05) is 25.0 Å². The zero-order chi connectivity index (χ0) is 13.0. The van der Waals surface area contributed by atoms with Crippen LogP contribution in [-0.2, 0) is 0 Å². The van der Waals surface area contributed by atoms with Gasteiger partial charge in [-0.1, -0.05) is 6.92 Å². The fraction of sp³-hybridized carbons (Fsp3) is 0.643. The normalized spacial score (nSPS) is 19.7. The third-order valence-corrected chi connectivity index (χ3v) is 3.89. The fourth-order valence-corrected chi connectivity index (χ4v) is 2.64. The lowest BCUT2D eigenvalue weighted by molar-refractivity contribution is 0.183. The van der Waals surface area contributed by atoms with Crippen molar-refractivity contribution < 1.29 is 4.39 Å². The van der Waals surface area contributed by atoms with Gasteiger partial charge in [-0.2, -0.15) is 0 Å². The molecule has 1 aliphatic rings. The van der Waals surface area contributed by atoms with E-state index in [9.17, 15) is 4.39 Å². The van der Waals surface area contributed by atoms with E-state index in [0.717, 1.165) is 12.2 Å². The quantitative estimate of drug-likeness (QED) is 0.892. The van der Waals surface area contributed by atoms with Crippen molar-refractivity contribution in [1.82, 2.24) is 9.88 Å². The number of hydrogen-bond donors (Lipinski definition) is 1. The molecule has 1 unspecified atom stereocenters. The van der Waals surface area contributed by atoms with E-state index in [0.29, 0.717) is 12.0 Å². The number of nitrogens with zero attached hydrogens (tertiary/aromatic N) is 2. The van der Waals surface area contributed by atoms with Crippen LogP contribution in [0.4, 0.5) is 10.1 Å². The lowest BCUT2D eigenvalue weighted by Crippen LogP contribution is -2.39. The van der Waals surface area contributed by atoms with Gasteiger partial charge in [0.05, 0.1) is 18.1 Å². The van der Waals surface area contributed by atoms with Crippen LogP contribution in [0.1, 0.15) is 26.7 Å².